The maximum Gasteiger partial charge on any atom is 0.175 e. The van der Waals surface area contributed by atoms with Crippen molar-refractivity contribution in [3.05, 3.63) is 30.1 Å². The van der Waals surface area contributed by atoms with Gasteiger partial charge in [0, 0.05) is 25.5 Å². The lowest BCUT2D eigenvalue weighted by atomic mass is 10.2. The van der Waals surface area contributed by atoms with Gasteiger partial charge in [-0.15, -0.1) is 10.2 Å². The molecule has 1 aromatic carbocycles. The minimum absolute atomic E-state index is 0.246. The maximum absolute atomic E-state index is 11.7. The third-order valence-electron chi connectivity index (χ3n) is 3.05. The van der Waals surface area contributed by atoms with Crippen LogP contribution < -0.4 is 5.73 Å². The van der Waals surface area contributed by atoms with Crippen LogP contribution in [-0.4, -0.2) is 43.2 Å². The third-order valence-corrected chi connectivity index (χ3v) is 4.16. The zero-order chi connectivity index (χ0) is 15.5. The molecule has 2 aromatic rings. The lowest BCUT2D eigenvalue weighted by Crippen LogP contribution is -2.12. The number of rotatable bonds is 6. The Kier molecular flexibility index (Phi) is 4.71. The molecule has 1 heterocycles. The van der Waals surface area contributed by atoms with Gasteiger partial charge in [0.1, 0.15) is 5.82 Å². The van der Waals surface area contributed by atoms with E-state index in [1.807, 2.05) is 4.57 Å². The monoisotopic (exact) mass is 310 g/mol. The first-order chi connectivity index (χ1) is 9.97. The van der Waals surface area contributed by atoms with Gasteiger partial charge in [0.05, 0.1) is 18.0 Å². The van der Waals surface area contributed by atoms with Crippen LogP contribution in [-0.2, 0) is 27.7 Å². The van der Waals surface area contributed by atoms with E-state index in [4.69, 9.17) is 10.5 Å². The van der Waals surface area contributed by atoms with Gasteiger partial charge in [-0.2, -0.15) is 0 Å². The molecule has 2 rings (SSSR count). The average molecular weight is 310 g/mol. The smallest absolute Gasteiger partial charge is 0.175 e. The second-order valence-electron chi connectivity index (χ2n) is 4.59. The van der Waals surface area contributed by atoms with Crippen molar-refractivity contribution in [3.8, 4) is 11.4 Å². The number of nitrogens with two attached hydrogens (primary N) is 1. The van der Waals surface area contributed by atoms with Gasteiger partial charge in [0.25, 0.3) is 0 Å². The minimum atomic E-state index is -3.27. The molecular formula is C13H18N4O3S. The number of nitrogens with zero attached hydrogens (tertiary/aromatic N) is 3. The highest BCUT2D eigenvalue weighted by Crippen LogP contribution is 2.21. The van der Waals surface area contributed by atoms with Gasteiger partial charge in [0.2, 0.25) is 0 Å². The Balaban J connectivity index is 2.49. The number of methoxy groups -OCH3 is 1. The van der Waals surface area contributed by atoms with Crippen LogP contribution in [0.15, 0.2) is 29.2 Å². The molecule has 0 saturated carbocycles. The van der Waals surface area contributed by atoms with E-state index < -0.39 is 9.84 Å². The van der Waals surface area contributed by atoms with Gasteiger partial charge >= 0.3 is 0 Å². The molecule has 7 nitrogen and oxygen atoms in total. The molecule has 0 amide bonds. The van der Waals surface area contributed by atoms with Crippen LogP contribution in [0.4, 0.5) is 0 Å². The Labute approximate surface area is 123 Å². The predicted molar refractivity (Wildman–Crippen MR) is 78.3 cm³/mol. The van der Waals surface area contributed by atoms with Crippen molar-refractivity contribution >= 4 is 9.84 Å². The lowest BCUT2D eigenvalue weighted by Gasteiger charge is -2.09. The van der Waals surface area contributed by atoms with E-state index in [0.29, 0.717) is 30.4 Å². The highest BCUT2D eigenvalue weighted by molar-refractivity contribution is 7.90. The molecule has 0 saturated heterocycles. The van der Waals surface area contributed by atoms with Crippen molar-refractivity contribution in [2.75, 3.05) is 20.0 Å². The number of benzene rings is 1. The van der Waals surface area contributed by atoms with Gasteiger partial charge in [0.15, 0.2) is 15.7 Å². The quantitative estimate of drug-likeness (QED) is 0.831. The largest absolute Gasteiger partial charge is 0.383 e. The van der Waals surface area contributed by atoms with Crippen molar-refractivity contribution in [2.45, 2.75) is 18.0 Å². The van der Waals surface area contributed by atoms with E-state index in [0.717, 1.165) is 0 Å². The SMILES string of the molecule is COCCn1c(CN)nnc1-c1cccc(S(C)(=O)=O)c1. The van der Waals surface area contributed by atoms with Crippen LogP contribution in [0.1, 0.15) is 5.82 Å². The Morgan fingerprint density at radius 2 is 2.10 bits per heavy atom. The molecule has 0 spiro atoms. The van der Waals surface area contributed by atoms with Crippen molar-refractivity contribution in [1.82, 2.24) is 14.8 Å². The van der Waals surface area contributed by atoms with Crippen LogP contribution in [0.3, 0.4) is 0 Å². The molecule has 0 aliphatic rings. The van der Waals surface area contributed by atoms with Gasteiger partial charge in [-0.05, 0) is 12.1 Å². The van der Waals surface area contributed by atoms with Gasteiger partial charge in [-0.3, -0.25) is 0 Å². The topological polar surface area (TPSA) is 100 Å². The van der Waals surface area contributed by atoms with Crippen LogP contribution in [0.5, 0.6) is 0 Å². The molecule has 2 N–H and O–H groups in total. The minimum Gasteiger partial charge on any atom is -0.383 e. The summed E-state index contributed by atoms with van der Waals surface area (Å²) >= 11 is 0. The number of hydrogen-bond acceptors (Lipinski definition) is 6. The summed E-state index contributed by atoms with van der Waals surface area (Å²) in [7, 11) is -1.66. The first-order valence-electron chi connectivity index (χ1n) is 6.39. The van der Waals surface area contributed by atoms with E-state index >= 15 is 0 Å². The summed E-state index contributed by atoms with van der Waals surface area (Å²) in [6, 6.07) is 6.62. The summed E-state index contributed by atoms with van der Waals surface area (Å²) in [5.41, 5.74) is 6.33. The highest BCUT2D eigenvalue weighted by Gasteiger charge is 2.15. The summed E-state index contributed by atoms with van der Waals surface area (Å²) in [4.78, 5) is 0.246. The molecule has 0 bridgehead atoms. The number of sulfone groups is 1. The maximum atomic E-state index is 11.7. The molecule has 0 aliphatic heterocycles. The second kappa shape index (κ2) is 6.33. The van der Waals surface area contributed by atoms with Crippen LogP contribution >= 0.6 is 0 Å². The van der Waals surface area contributed by atoms with Crippen molar-refractivity contribution in [1.29, 1.82) is 0 Å². The molecule has 0 unspecified atom stereocenters. The van der Waals surface area contributed by atoms with E-state index in [9.17, 15) is 8.42 Å². The fraction of sp³-hybridized carbons (Fsp3) is 0.385. The van der Waals surface area contributed by atoms with Crippen LogP contribution in [0, 0.1) is 0 Å². The molecule has 114 valence electrons. The molecule has 0 fully saturated rings. The summed E-state index contributed by atoms with van der Waals surface area (Å²) < 4.78 is 30.2. The average Bonchev–Trinajstić information content (AvgIpc) is 2.87. The molecule has 0 aliphatic carbocycles. The van der Waals surface area contributed by atoms with Gasteiger partial charge in [-0.1, -0.05) is 12.1 Å². The molecule has 1 aromatic heterocycles. The molecule has 0 atom stereocenters. The van der Waals surface area contributed by atoms with Gasteiger partial charge < -0.3 is 15.0 Å². The fourth-order valence-electron chi connectivity index (χ4n) is 1.98. The predicted octanol–water partition coefficient (Wildman–Crippen LogP) is 0.454. The first-order valence-corrected chi connectivity index (χ1v) is 8.28. The summed E-state index contributed by atoms with van der Waals surface area (Å²) in [5, 5.41) is 8.15. The van der Waals surface area contributed by atoms with Crippen LogP contribution in [0.2, 0.25) is 0 Å². The Bertz CT molecular complexity index is 725. The zero-order valence-corrected chi connectivity index (χ0v) is 12.8. The van der Waals surface area contributed by atoms with Crippen molar-refractivity contribution < 1.29 is 13.2 Å². The number of hydrogen-bond donors (Lipinski definition) is 1. The summed E-state index contributed by atoms with van der Waals surface area (Å²) in [6.45, 7) is 1.29. The summed E-state index contributed by atoms with van der Waals surface area (Å²) in [5.74, 6) is 1.21. The molecule has 21 heavy (non-hydrogen) atoms. The summed E-state index contributed by atoms with van der Waals surface area (Å²) in [6.07, 6.45) is 1.17. The van der Waals surface area contributed by atoms with Gasteiger partial charge in [-0.25, -0.2) is 8.42 Å². The van der Waals surface area contributed by atoms with E-state index in [1.165, 1.54) is 6.26 Å². The van der Waals surface area contributed by atoms with Crippen molar-refractivity contribution in [3.63, 3.8) is 0 Å². The molecule has 8 heteroatoms. The molecular weight excluding hydrogens is 292 g/mol. The normalized spacial score (nSPS) is 11.8. The van der Waals surface area contributed by atoms with E-state index in [1.54, 1.807) is 31.4 Å². The third kappa shape index (κ3) is 3.46. The fourth-order valence-corrected chi connectivity index (χ4v) is 2.65. The lowest BCUT2D eigenvalue weighted by molar-refractivity contribution is 0.186. The van der Waals surface area contributed by atoms with Crippen LogP contribution in [0.25, 0.3) is 11.4 Å². The van der Waals surface area contributed by atoms with E-state index in [2.05, 4.69) is 10.2 Å². The highest BCUT2D eigenvalue weighted by atomic mass is 32.2. The number of aromatic nitrogens is 3. The Hall–Kier alpha value is -1.77. The molecule has 0 radical (unpaired) electrons. The second-order valence-corrected chi connectivity index (χ2v) is 6.60. The van der Waals surface area contributed by atoms with Crippen molar-refractivity contribution in [2.24, 2.45) is 5.73 Å². The zero-order valence-electron chi connectivity index (χ0n) is 12.0. The van der Waals surface area contributed by atoms with E-state index in [-0.39, 0.29) is 11.4 Å². The number of ether oxygens (including phenoxy) is 1. The standard InChI is InChI=1S/C13H18N4O3S/c1-20-7-6-17-12(9-14)15-16-13(17)10-4-3-5-11(8-10)21(2,18)19/h3-5,8H,6-7,9,14H2,1-2H3. The Morgan fingerprint density at radius 1 is 1.33 bits per heavy atom. The first kappa shape index (κ1) is 15.6. The Morgan fingerprint density at radius 3 is 2.71 bits per heavy atom.